The standard InChI is InChI=1S/C21H25NO6S/c1-26-15-4-7-17(8-5-15)29(24,25)18-10-12-22(13-11-18)21(23)19-9-6-16(27-2)14-20(19)28-3/h4-9,14,18H,10-13H2,1-3H3. The van der Waals surface area contributed by atoms with Crippen LogP contribution < -0.4 is 14.2 Å². The van der Waals surface area contributed by atoms with Gasteiger partial charge in [-0.1, -0.05) is 0 Å². The van der Waals surface area contributed by atoms with Crippen molar-refractivity contribution < 1.29 is 27.4 Å². The van der Waals surface area contributed by atoms with Crippen LogP contribution in [0, 0.1) is 0 Å². The normalized spacial score (nSPS) is 15.1. The monoisotopic (exact) mass is 419 g/mol. The summed E-state index contributed by atoms with van der Waals surface area (Å²) in [6, 6.07) is 11.4. The van der Waals surface area contributed by atoms with Crippen LogP contribution in [0.2, 0.25) is 0 Å². The molecule has 0 saturated carbocycles. The van der Waals surface area contributed by atoms with Crippen LogP contribution in [0.5, 0.6) is 17.2 Å². The molecule has 1 fully saturated rings. The van der Waals surface area contributed by atoms with Gasteiger partial charge >= 0.3 is 0 Å². The summed E-state index contributed by atoms with van der Waals surface area (Å²) >= 11 is 0. The Morgan fingerprint density at radius 3 is 2.03 bits per heavy atom. The highest BCUT2D eigenvalue weighted by molar-refractivity contribution is 7.92. The zero-order chi connectivity index (χ0) is 21.0. The molecule has 3 rings (SSSR count). The number of piperidine rings is 1. The number of hydrogen-bond acceptors (Lipinski definition) is 6. The van der Waals surface area contributed by atoms with Gasteiger partial charge in [0.05, 0.1) is 37.0 Å². The molecule has 2 aromatic carbocycles. The highest BCUT2D eigenvalue weighted by atomic mass is 32.2. The Balaban J connectivity index is 1.70. The van der Waals surface area contributed by atoms with Crippen LogP contribution in [0.4, 0.5) is 0 Å². The van der Waals surface area contributed by atoms with Crippen LogP contribution >= 0.6 is 0 Å². The molecule has 0 unspecified atom stereocenters. The first-order valence-corrected chi connectivity index (χ1v) is 10.8. The van der Waals surface area contributed by atoms with Crippen molar-refractivity contribution >= 4 is 15.7 Å². The molecule has 1 heterocycles. The Hall–Kier alpha value is -2.74. The van der Waals surface area contributed by atoms with Gasteiger partial charge in [-0.15, -0.1) is 0 Å². The maximum atomic E-state index is 12.9. The summed E-state index contributed by atoms with van der Waals surface area (Å²) in [5, 5.41) is -0.516. The summed E-state index contributed by atoms with van der Waals surface area (Å²) in [4.78, 5) is 14.9. The molecule has 7 nitrogen and oxygen atoms in total. The molecule has 0 bridgehead atoms. The number of nitrogens with zero attached hydrogens (tertiary/aromatic N) is 1. The van der Waals surface area contributed by atoms with Crippen molar-refractivity contribution in [2.24, 2.45) is 0 Å². The van der Waals surface area contributed by atoms with Crippen LogP contribution in [0.3, 0.4) is 0 Å². The summed E-state index contributed by atoms with van der Waals surface area (Å²) in [5.41, 5.74) is 0.435. The van der Waals surface area contributed by atoms with Gasteiger partial charge in [0.1, 0.15) is 17.2 Å². The fourth-order valence-corrected chi connectivity index (χ4v) is 5.20. The minimum atomic E-state index is -3.46. The number of amides is 1. The van der Waals surface area contributed by atoms with E-state index in [2.05, 4.69) is 0 Å². The summed E-state index contributed by atoms with van der Waals surface area (Å²) in [5.74, 6) is 1.47. The Morgan fingerprint density at radius 2 is 1.48 bits per heavy atom. The quantitative estimate of drug-likeness (QED) is 0.716. The van der Waals surface area contributed by atoms with Gasteiger partial charge in [-0.2, -0.15) is 0 Å². The highest BCUT2D eigenvalue weighted by Gasteiger charge is 2.33. The lowest BCUT2D eigenvalue weighted by Crippen LogP contribution is -2.42. The molecule has 0 aromatic heterocycles. The molecule has 1 saturated heterocycles. The average molecular weight is 419 g/mol. The van der Waals surface area contributed by atoms with Gasteiger partial charge in [0.15, 0.2) is 9.84 Å². The lowest BCUT2D eigenvalue weighted by molar-refractivity contribution is 0.0722. The van der Waals surface area contributed by atoms with Gasteiger partial charge in [-0.25, -0.2) is 8.42 Å². The van der Waals surface area contributed by atoms with Crippen molar-refractivity contribution in [1.82, 2.24) is 4.90 Å². The number of sulfone groups is 1. The van der Waals surface area contributed by atoms with Crippen LogP contribution in [0.1, 0.15) is 23.2 Å². The number of ether oxygens (including phenoxy) is 3. The molecule has 0 radical (unpaired) electrons. The first-order chi connectivity index (χ1) is 13.9. The maximum Gasteiger partial charge on any atom is 0.257 e. The number of carbonyl (C=O) groups excluding carboxylic acids is 1. The van der Waals surface area contributed by atoms with Crippen LogP contribution in [0.25, 0.3) is 0 Å². The Morgan fingerprint density at radius 1 is 0.897 bits per heavy atom. The second-order valence-corrected chi connectivity index (χ2v) is 9.01. The third-order valence-corrected chi connectivity index (χ3v) is 7.47. The lowest BCUT2D eigenvalue weighted by atomic mass is 10.1. The van der Waals surface area contributed by atoms with Gasteiger partial charge in [0, 0.05) is 19.2 Å². The van der Waals surface area contributed by atoms with E-state index < -0.39 is 15.1 Å². The Bertz CT molecular complexity index is 963. The number of rotatable bonds is 6. The van der Waals surface area contributed by atoms with Crippen molar-refractivity contribution in [1.29, 1.82) is 0 Å². The Kier molecular flexibility index (Phi) is 6.32. The van der Waals surface area contributed by atoms with Gasteiger partial charge in [-0.3, -0.25) is 4.79 Å². The average Bonchev–Trinajstić information content (AvgIpc) is 2.78. The first kappa shape index (κ1) is 21.0. The second-order valence-electron chi connectivity index (χ2n) is 6.78. The van der Waals surface area contributed by atoms with Gasteiger partial charge in [0.2, 0.25) is 0 Å². The first-order valence-electron chi connectivity index (χ1n) is 9.30. The zero-order valence-electron chi connectivity index (χ0n) is 16.8. The number of carbonyl (C=O) groups is 1. The summed E-state index contributed by atoms with van der Waals surface area (Å²) in [7, 11) is 1.12. The molecule has 0 spiro atoms. The predicted molar refractivity (Wildman–Crippen MR) is 109 cm³/mol. The van der Waals surface area contributed by atoms with E-state index in [1.165, 1.54) is 14.2 Å². The SMILES string of the molecule is COc1ccc(S(=O)(=O)C2CCN(C(=O)c3ccc(OC)cc3OC)CC2)cc1. The van der Waals surface area contributed by atoms with E-state index in [1.54, 1.807) is 54.5 Å². The van der Waals surface area contributed by atoms with Crippen molar-refractivity contribution in [3.05, 3.63) is 48.0 Å². The Labute approximate surface area is 171 Å². The lowest BCUT2D eigenvalue weighted by Gasteiger charge is -2.32. The van der Waals surface area contributed by atoms with Crippen molar-refractivity contribution in [3.63, 3.8) is 0 Å². The number of benzene rings is 2. The number of likely N-dealkylation sites (tertiary alicyclic amines) is 1. The van der Waals surface area contributed by atoms with Gasteiger partial charge in [-0.05, 0) is 49.2 Å². The fourth-order valence-electron chi connectivity index (χ4n) is 3.47. The minimum Gasteiger partial charge on any atom is -0.497 e. The van der Waals surface area contributed by atoms with Crippen molar-refractivity contribution in [3.8, 4) is 17.2 Å². The molecular formula is C21H25NO6S. The van der Waals surface area contributed by atoms with Gasteiger partial charge < -0.3 is 19.1 Å². The largest absolute Gasteiger partial charge is 0.497 e. The number of methoxy groups -OCH3 is 3. The molecule has 1 amide bonds. The van der Waals surface area contributed by atoms with E-state index in [9.17, 15) is 13.2 Å². The van der Waals surface area contributed by atoms with E-state index in [-0.39, 0.29) is 10.8 Å². The van der Waals surface area contributed by atoms with E-state index in [0.29, 0.717) is 48.7 Å². The molecular weight excluding hydrogens is 394 g/mol. The minimum absolute atomic E-state index is 0.176. The number of hydrogen-bond donors (Lipinski definition) is 0. The molecule has 0 aliphatic carbocycles. The highest BCUT2D eigenvalue weighted by Crippen LogP contribution is 2.29. The summed E-state index contributed by atoms with van der Waals surface area (Å²) in [6.45, 7) is 0.738. The topological polar surface area (TPSA) is 82.1 Å². The van der Waals surface area contributed by atoms with E-state index >= 15 is 0 Å². The molecule has 0 atom stereocenters. The molecule has 1 aliphatic heterocycles. The van der Waals surface area contributed by atoms with Crippen LogP contribution in [0.15, 0.2) is 47.4 Å². The van der Waals surface area contributed by atoms with Crippen molar-refractivity contribution in [2.45, 2.75) is 23.0 Å². The summed E-state index contributed by atoms with van der Waals surface area (Å²) in [6.07, 6.45) is 0.775. The second kappa shape index (κ2) is 8.73. The van der Waals surface area contributed by atoms with E-state index in [0.717, 1.165) is 0 Å². The molecule has 2 aromatic rings. The zero-order valence-corrected chi connectivity index (χ0v) is 17.6. The third kappa shape index (κ3) is 4.32. The molecule has 1 aliphatic rings. The van der Waals surface area contributed by atoms with Crippen LogP contribution in [-0.4, -0.2) is 58.9 Å². The molecule has 0 N–H and O–H groups in total. The van der Waals surface area contributed by atoms with Gasteiger partial charge in [0.25, 0.3) is 5.91 Å². The molecule has 29 heavy (non-hydrogen) atoms. The molecule has 156 valence electrons. The maximum absolute atomic E-state index is 12.9. The molecule has 8 heteroatoms. The third-order valence-electron chi connectivity index (χ3n) is 5.20. The fraction of sp³-hybridized carbons (Fsp3) is 0.381. The van der Waals surface area contributed by atoms with Crippen LogP contribution in [-0.2, 0) is 9.84 Å². The smallest absolute Gasteiger partial charge is 0.257 e. The van der Waals surface area contributed by atoms with E-state index in [4.69, 9.17) is 14.2 Å². The predicted octanol–water partition coefficient (Wildman–Crippen LogP) is 2.79. The van der Waals surface area contributed by atoms with Crippen molar-refractivity contribution in [2.75, 3.05) is 34.4 Å². The summed E-state index contributed by atoms with van der Waals surface area (Å²) < 4.78 is 41.4. The van der Waals surface area contributed by atoms with E-state index in [1.807, 2.05) is 0 Å².